The molecule has 4 heteroatoms. The Morgan fingerprint density at radius 1 is 1.41 bits per heavy atom. The molecule has 0 aromatic carbocycles. The Kier molecular flexibility index (Phi) is 3.94. The highest BCUT2D eigenvalue weighted by atomic mass is 32.1. The SMILES string of the molecule is CC1CCCN(c2ccc(C(N)=S)nc2)CC1. The molecule has 2 N–H and O–H groups in total. The lowest BCUT2D eigenvalue weighted by molar-refractivity contribution is 0.521. The number of hydrogen-bond acceptors (Lipinski definition) is 3. The van der Waals surface area contributed by atoms with Gasteiger partial charge in [-0.3, -0.25) is 4.98 Å². The predicted octanol–water partition coefficient (Wildman–Crippen LogP) is 2.34. The van der Waals surface area contributed by atoms with Crippen molar-refractivity contribution in [3.05, 3.63) is 24.0 Å². The molecule has 1 aromatic heterocycles. The Hall–Kier alpha value is -1.16. The van der Waals surface area contributed by atoms with Crippen molar-refractivity contribution in [2.75, 3.05) is 18.0 Å². The zero-order valence-electron chi connectivity index (χ0n) is 10.2. The molecule has 0 aliphatic carbocycles. The van der Waals surface area contributed by atoms with Gasteiger partial charge in [0.2, 0.25) is 0 Å². The lowest BCUT2D eigenvalue weighted by atomic mass is 10.0. The minimum atomic E-state index is 0.362. The number of nitrogens with two attached hydrogens (primary N) is 1. The van der Waals surface area contributed by atoms with E-state index >= 15 is 0 Å². The first-order valence-corrected chi connectivity index (χ1v) is 6.58. The quantitative estimate of drug-likeness (QED) is 0.817. The second kappa shape index (κ2) is 5.45. The summed E-state index contributed by atoms with van der Waals surface area (Å²) in [5.74, 6) is 0.837. The van der Waals surface area contributed by atoms with Crippen LogP contribution in [0.15, 0.2) is 18.3 Å². The van der Waals surface area contributed by atoms with E-state index in [1.54, 1.807) is 0 Å². The smallest absolute Gasteiger partial charge is 0.122 e. The average Bonchev–Trinajstić information content (AvgIpc) is 2.54. The summed E-state index contributed by atoms with van der Waals surface area (Å²) in [5, 5.41) is 0. The number of anilines is 1. The summed E-state index contributed by atoms with van der Waals surface area (Å²) in [4.78, 5) is 7.06. The molecule has 1 atom stereocenters. The molecule has 1 fully saturated rings. The summed E-state index contributed by atoms with van der Waals surface area (Å²) in [5.41, 5.74) is 7.42. The third-order valence-corrected chi connectivity index (χ3v) is 3.59. The molecule has 0 spiro atoms. The predicted molar refractivity (Wildman–Crippen MR) is 75.4 cm³/mol. The van der Waals surface area contributed by atoms with E-state index in [1.807, 2.05) is 12.3 Å². The molecule has 17 heavy (non-hydrogen) atoms. The van der Waals surface area contributed by atoms with Gasteiger partial charge in [-0.1, -0.05) is 19.1 Å². The Bertz CT molecular complexity index is 388. The molecular formula is C13H19N3S. The molecule has 0 amide bonds. The van der Waals surface area contributed by atoms with Gasteiger partial charge in [-0.25, -0.2) is 0 Å². The fourth-order valence-corrected chi connectivity index (χ4v) is 2.36. The third kappa shape index (κ3) is 3.16. The van der Waals surface area contributed by atoms with Crippen molar-refractivity contribution in [3.63, 3.8) is 0 Å². The molecule has 0 radical (unpaired) electrons. The second-order valence-corrected chi connectivity index (χ2v) is 5.23. The van der Waals surface area contributed by atoms with Crippen LogP contribution in [0.2, 0.25) is 0 Å². The Labute approximate surface area is 108 Å². The second-order valence-electron chi connectivity index (χ2n) is 4.79. The van der Waals surface area contributed by atoms with Gasteiger partial charge in [0.25, 0.3) is 0 Å². The van der Waals surface area contributed by atoms with Crippen molar-refractivity contribution >= 4 is 22.9 Å². The van der Waals surface area contributed by atoms with Crippen molar-refractivity contribution in [3.8, 4) is 0 Å². The average molecular weight is 249 g/mol. The summed E-state index contributed by atoms with van der Waals surface area (Å²) in [7, 11) is 0. The van der Waals surface area contributed by atoms with Gasteiger partial charge in [-0.2, -0.15) is 0 Å². The van der Waals surface area contributed by atoms with Crippen LogP contribution in [0.4, 0.5) is 5.69 Å². The first-order valence-electron chi connectivity index (χ1n) is 6.17. The van der Waals surface area contributed by atoms with E-state index in [1.165, 1.54) is 24.9 Å². The Balaban J connectivity index is 2.08. The topological polar surface area (TPSA) is 42.1 Å². The van der Waals surface area contributed by atoms with Gasteiger partial charge in [0, 0.05) is 13.1 Å². The van der Waals surface area contributed by atoms with Crippen LogP contribution in [0.3, 0.4) is 0 Å². The normalized spacial score (nSPS) is 21.0. The highest BCUT2D eigenvalue weighted by molar-refractivity contribution is 7.80. The highest BCUT2D eigenvalue weighted by Crippen LogP contribution is 2.21. The van der Waals surface area contributed by atoms with Gasteiger partial charge in [-0.05, 0) is 37.3 Å². The zero-order valence-corrected chi connectivity index (χ0v) is 11.0. The fourth-order valence-electron chi connectivity index (χ4n) is 2.24. The summed E-state index contributed by atoms with van der Waals surface area (Å²) < 4.78 is 0. The molecule has 3 nitrogen and oxygen atoms in total. The highest BCUT2D eigenvalue weighted by Gasteiger charge is 2.14. The van der Waals surface area contributed by atoms with Crippen LogP contribution < -0.4 is 10.6 Å². The first kappa shape index (κ1) is 12.3. The Morgan fingerprint density at radius 2 is 2.24 bits per heavy atom. The van der Waals surface area contributed by atoms with Crippen LogP contribution in [-0.4, -0.2) is 23.1 Å². The number of thiocarbonyl (C=S) groups is 1. The van der Waals surface area contributed by atoms with E-state index in [9.17, 15) is 0 Å². The van der Waals surface area contributed by atoms with Crippen LogP contribution in [-0.2, 0) is 0 Å². The molecule has 1 aliphatic heterocycles. The molecule has 92 valence electrons. The largest absolute Gasteiger partial charge is 0.388 e. The molecule has 1 aromatic rings. The van der Waals surface area contributed by atoms with E-state index in [-0.39, 0.29) is 0 Å². The van der Waals surface area contributed by atoms with Gasteiger partial charge >= 0.3 is 0 Å². The van der Waals surface area contributed by atoms with Crippen LogP contribution in [0, 0.1) is 5.92 Å². The zero-order chi connectivity index (χ0) is 12.3. The van der Waals surface area contributed by atoms with Gasteiger partial charge in [0.15, 0.2) is 0 Å². The fraction of sp³-hybridized carbons (Fsp3) is 0.538. The number of nitrogens with zero attached hydrogens (tertiary/aromatic N) is 2. The van der Waals surface area contributed by atoms with E-state index in [0.717, 1.165) is 19.0 Å². The molecule has 1 unspecified atom stereocenters. The maximum absolute atomic E-state index is 5.54. The molecule has 2 heterocycles. The number of aromatic nitrogens is 1. The lowest BCUT2D eigenvalue weighted by Crippen LogP contribution is -2.24. The summed E-state index contributed by atoms with van der Waals surface area (Å²) in [6.45, 7) is 4.57. The molecular weight excluding hydrogens is 230 g/mol. The molecule has 1 aliphatic rings. The molecule has 0 bridgehead atoms. The first-order chi connectivity index (χ1) is 8.16. The monoisotopic (exact) mass is 249 g/mol. The lowest BCUT2D eigenvalue weighted by Gasteiger charge is -2.22. The maximum Gasteiger partial charge on any atom is 0.122 e. The van der Waals surface area contributed by atoms with Crippen molar-refractivity contribution in [2.45, 2.75) is 26.2 Å². The van der Waals surface area contributed by atoms with E-state index in [0.29, 0.717) is 10.7 Å². The Morgan fingerprint density at radius 3 is 2.88 bits per heavy atom. The van der Waals surface area contributed by atoms with Crippen LogP contribution in [0.5, 0.6) is 0 Å². The van der Waals surface area contributed by atoms with Crippen molar-refractivity contribution in [1.29, 1.82) is 0 Å². The molecule has 1 saturated heterocycles. The number of hydrogen-bond donors (Lipinski definition) is 1. The van der Waals surface area contributed by atoms with Crippen LogP contribution in [0.25, 0.3) is 0 Å². The van der Waals surface area contributed by atoms with Crippen molar-refractivity contribution in [2.24, 2.45) is 11.7 Å². The minimum Gasteiger partial charge on any atom is -0.388 e. The minimum absolute atomic E-state index is 0.362. The summed E-state index contributed by atoms with van der Waals surface area (Å²) >= 11 is 4.90. The van der Waals surface area contributed by atoms with Gasteiger partial charge < -0.3 is 10.6 Å². The van der Waals surface area contributed by atoms with Gasteiger partial charge in [0.1, 0.15) is 4.99 Å². The number of pyridine rings is 1. The van der Waals surface area contributed by atoms with Crippen LogP contribution >= 0.6 is 12.2 Å². The van der Waals surface area contributed by atoms with Gasteiger partial charge in [-0.15, -0.1) is 0 Å². The van der Waals surface area contributed by atoms with Crippen molar-refractivity contribution in [1.82, 2.24) is 4.98 Å². The number of rotatable bonds is 2. The molecule has 0 saturated carbocycles. The standard InChI is InChI=1S/C13H19N3S/c1-10-3-2-7-16(8-6-10)11-4-5-12(13(14)17)15-9-11/h4-5,9-10H,2-3,6-8H2,1H3,(H2,14,17). The summed E-state index contributed by atoms with van der Waals surface area (Å²) in [6, 6.07) is 3.98. The van der Waals surface area contributed by atoms with E-state index < -0.39 is 0 Å². The van der Waals surface area contributed by atoms with E-state index in [2.05, 4.69) is 22.9 Å². The maximum atomic E-state index is 5.54. The molecule has 2 rings (SSSR count). The summed E-state index contributed by atoms with van der Waals surface area (Å²) in [6.07, 6.45) is 5.73. The van der Waals surface area contributed by atoms with Gasteiger partial charge in [0.05, 0.1) is 17.6 Å². The third-order valence-electron chi connectivity index (χ3n) is 3.38. The van der Waals surface area contributed by atoms with Crippen LogP contribution in [0.1, 0.15) is 31.9 Å². The van der Waals surface area contributed by atoms with E-state index in [4.69, 9.17) is 18.0 Å². The van der Waals surface area contributed by atoms with Crippen molar-refractivity contribution < 1.29 is 0 Å².